The number of hydrogen-bond donors (Lipinski definition) is 4. The molecule has 3 rings (SSSR count). The summed E-state index contributed by atoms with van der Waals surface area (Å²) in [5.41, 5.74) is 2.97. The molecule has 0 saturated heterocycles. The van der Waals surface area contributed by atoms with E-state index in [1.54, 1.807) is 30.3 Å². The van der Waals surface area contributed by atoms with Gasteiger partial charge < -0.3 is 19.8 Å². The van der Waals surface area contributed by atoms with Crippen LogP contribution in [-0.4, -0.2) is 40.7 Å². The van der Waals surface area contributed by atoms with E-state index in [0.717, 1.165) is 16.7 Å². The molecule has 0 aliphatic rings. The number of aliphatic carboxylic acids is 1. The van der Waals surface area contributed by atoms with E-state index >= 15 is 0 Å². The van der Waals surface area contributed by atoms with Crippen molar-refractivity contribution in [3.05, 3.63) is 90.5 Å². The van der Waals surface area contributed by atoms with Crippen LogP contribution in [0.2, 0.25) is 0 Å². The number of amides is 1. The lowest BCUT2D eigenvalue weighted by molar-refractivity contribution is -0.137. The van der Waals surface area contributed by atoms with Crippen LogP contribution in [0, 0.1) is 0 Å². The molecule has 0 bridgehead atoms. The summed E-state index contributed by atoms with van der Waals surface area (Å²) < 4.78 is 17.8. The van der Waals surface area contributed by atoms with Crippen LogP contribution in [-0.2, 0) is 20.6 Å². The number of para-hydroxylation sites is 1. The zero-order valence-corrected chi connectivity index (χ0v) is 20.1. The van der Waals surface area contributed by atoms with Gasteiger partial charge in [-0.2, -0.15) is 0 Å². The lowest BCUT2D eigenvalue weighted by Gasteiger charge is -2.21. The SMILES string of the molecule is O=C(O)CCCNC(=O)[C@H](Cc1ccc(-c2ccccc2)cc1)NCP(=O)(O)Oc1ccccc1. The Labute approximate surface area is 204 Å². The van der Waals surface area contributed by atoms with Crippen molar-refractivity contribution in [2.75, 3.05) is 12.8 Å². The molecule has 1 unspecified atom stereocenters. The quantitative estimate of drug-likeness (QED) is 0.208. The van der Waals surface area contributed by atoms with Gasteiger partial charge >= 0.3 is 13.6 Å². The summed E-state index contributed by atoms with van der Waals surface area (Å²) in [6.07, 6.45) is 0.0631. The number of rotatable bonds is 13. The second-order valence-electron chi connectivity index (χ2n) is 8.01. The first-order valence-corrected chi connectivity index (χ1v) is 13.0. The van der Waals surface area contributed by atoms with Gasteiger partial charge in [0.2, 0.25) is 5.91 Å². The summed E-state index contributed by atoms with van der Waals surface area (Å²) in [4.78, 5) is 33.8. The van der Waals surface area contributed by atoms with Crippen molar-refractivity contribution in [1.29, 1.82) is 0 Å². The summed E-state index contributed by atoms with van der Waals surface area (Å²) in [6, 6.07) is 25.1. The molecule has 1 amide bonds. The van der Waals surface area contributed by atoms with Gasteiger partial charge in [0.25, 0.3) is 0 Å². The van der Waals surface area contributed by atoms with Crippen molar-refractivity contribution in [3.8, 4) is 16.9 Å². The standard InChI is InChI=1S/C26H29N2O6P/c29-25(30)12-7-17-27-26(31)24(28-19-35(32,33)34-23-10-5-2-6-11-23)18-20-13-15-22(16-14-20)21-8-3-1-4-9-21/h1-6,8-11,13-16,24,28H,7,12,17-19H2,(H,27,31)(H,29,30)(H,32,33)/t24-/m0/s1. The molecule has 0 saturated carbocycles. The molecule has 0 heterocycles. The highest BCUT2D eigenvalue weighted by molar-refractivity contribution is 7.53. The van der Waals surface area contributed by atoms with Crippen LogP contribution in [0.4, 0.5) is 0 Å². The van der Waals surface area contributed by atoms with Crippen LogP contribution in [0.25, 0.3) is 11.1 Å². The molecule has 0 radical (unpaired) electrons. The zero-order valence-electron chi connectivity index (χ0n) is 19.2. The van der Waals surface area contributed by atoms with Gasteiger partial charge in [0, 0.05) is 13.0 Å². The van der Waals surface area contributed by atoms with E-state index in [1.165, 1.54) is 0 Å². The predicted octanol–water partition coefficient (Wildman–Crippen LogP) is 4.06. The predicted molar refractivity (Wildman–Crippen MR) is 134 cm³/mol. The molecule has 3 aromatic rings. The minimum absolute atomic E-state index is 0.0594. The molecule has 3 aromatic carbocycles. The van der Waals surface area contributed by atoms with Gasteiger partial charge in [-0.05, 0) is 41.7 Å². The monoisotopic (exact) mass is 496 g/mol. The Morgan fingerprint density at radius 2 is 1.49 bits per heavy atom. The summed E-state index contributed by atoms with van der Waals surface area (Å²) in [6.45, 7) is 0.188. The molecule has 184 valence electrons. The zero-order chi connectivity index (χ0) is 25.1. The van der Waals surface area contributed by atoms with Crippen molar-refractivity contribution in [1.82, 2.24) is 10.6 Å². The Balaban J connectivity index is 1.66. The lowest BCUT2D eigenvalue weighted by Crippen LogP contribution is -2.46. The molecule has 0 aromatic heterocycles. The van der Waals surface area contributed by atoms with Gasteiger partial charge in [-0.15, -0.1) is 0 Å². The second-order valence-corrected chi connectivity index (χ2v) is 9.79. The maximum absolute atomic E-state index is 12.8. The molecule has 8 nitrogen and oxygen atoms in total. The van der Waals surface area contributed by atoms with E-state index in [-0.39, 0.29) is 37.5 Å². The van der Waals surface area contributed by atoms with Crippen LogP contribution in [0.5, 0.6) is 5.75 Å². The van der Waals surface area contributed by atoms with E-state index in [0.29, 0.717) is 0 Å². The van der Waals surface area contributed by atoms with Crippen molar-refractivity contribution < 1.29 is 28.7 Å². The van der Waals surface area contributed by atoms with Gasteiger partial charge in [0.05, 0.1) is 6.04 Å². The van der Waals surface area contributed by atoms with Gasteiger partial charge in [-0.25, -0.2) is 4.57 Å². The highest BCUT2D eigenvalue weighted by Crippen LogP contribution is 2.41. The third-order valence-electron chi connectivity index (χ3n) is 5.21. The first kappa shape index (κ1) is 26.2. The summed E-state index contributed by atoms with van der Waals surface area (Å²) in [5.74, 6) is -1.07. The Morgan fingerprint density at radius 3 is 2.11 bits per heavy atom. The third kappa shape index (κ3) is 9.02. The Bertz CT molecular complexity index is 1140. The molecule has 2 atom stereocenters. The van der Waals surface area contributed by atoms with Gasteiger partial charge in [0.1, 0.15) is 12.0 Å². The molecule has 35 heavy (non-hydrogen) atoms. The average Bonchev–Trinajstić information content (AvgIpc) is 2.85. The second kappa shape index (κ2) is 12.9. The summed E-state index contributed by atoms with van der Waals surface area (Å²) >= 11 is 0. The van der Waals surface area contributed by atoms with E-state index in [2.05, 4.69) is 10.6 Å². The molecular formula is C26H29N2O6P. The number of carboxylic acid groups (broad SMARTS) is 1. The van der Waals surface area contributed by atoms with E-state index in [9.17, 15) is 19.0 Å². The van der Waals surface area contributed by atoms with E-state index in [1.807, 2.05) is 54.6 Å². The smallest absolute Gasteiger partial charge is 0.390 e. The molecule has 0 aliphatic carbocycles. The van der Waals surface area contributed by atoms with E-state index < -0.39 is 25.9 Å². The minimum atomic E-state index is -4.07. The van der Waals surface area contributed by atoms with Crippen molar-refractivity contribution >= 4 is 19.5 Å². The van der Waals surface area contributed by atoms with Crippen molar-refractivity contribution in [3.63, 3.8) is 0 Å². The molecule has 0 aliphatic heterocycles. The topological polar surface area (TPSA) is 125 Å². The maximum atomic E-state index is 12.8. The Hall–Kier alpha value is -3.45. The molecule has 0 spiro atoms. The number of benzene rings is 3. The molecule has 0 fully saturated rings. The first-order valence-electron chi connectivity index (χ1n) is 11.3. The Morgan fingerprint density at radius 1 is 0.886 bits per heavy atom. The average molecular weight is 497 g/mol. The number of carbonyl (C=O) groups excluding carboxylic acids is 1. The maximum Gasteiger partial charge on any atom is 0.390 e. The largest absolute Gasteiger partial charge is 0.481 e. The van der Waals surface area contributed by atoms with Crippen molar-refractivity contribution in [2.24, 2.45) is 0 Å². The van der Waals surface area contributed by atoms with Gasteiger partial charge in [0.15, 0.2) is 0 Å². The summed E-state index contributed by atoms with van der Waals surface area (Å²) in [7, 11) is -4.07. The van der Waals surface area contributed by atoms with Crippen LogP contribution < -0.4 is 15.2 Å². The van der Waals surface area contributed by atoms with Crippen molar-refractivity contribution in [2.45, 2.75) is 25.3 Å². The van der Waals surface area contributed by atoms with Gasteiger partial charge in [-0.3, -0.25) is 14.9 Å². The molecule has 9 heteroatoms. The minimum Gasteiger partial charge on any atom is -0.481 e. The van der Waals surface area contributed by atoms with Gasteiger partial charge in [-0.1, -0.05) is 72.8 Å². The molecular weight excluding hydrogens is 467 g/mol. The highest BCUT2D eigenvalue weighted by atomic mass is 31.2. The number of carbonyl (C=O) groups is 2. The van der Waals surface area contributed by atoms with Crippen LogP contribution >= 0.6 is 7.60 Å². The van der Waals surface area contributed by atoms with Crippen LogP contribution in [0.1, 0.15) is 18.4 Å². The highest BCUT2D eigenvalue weighted by Gasteiger charge is 2.26. The number of carboxylic acids is 1. The fourth-order valence-corrected chi connectivity index (χ4v) is 4.40. The number of hydrogen-bond acceptors (Lipinski definition) is 5. The van der Waals surface area contributed by atoms with Crippen LogP contribution in [0.3, 0.4) is 0 Å². The first-order chi connectivity index (χ1) is 16.8. The summed E-state index contributed by atoms with van der Waals surface area (Å²) in [5, 5.41) is 14.3. The Kier molecular flexibility index (Phi) is 9.61. The van der Waals surface area contributed by atoms with E-state index in [4.69, 9.17) is 9.63 Å². The third-order valence-corrected chi connectivity index (χ3v) is 6.29. The fraction of sp³-hybridized carbons (Fsp3) is 0.231. The lowest BCUT2D eigenvalue weighted by atomic mass is 10.0. The number of nitrogens with one attached hydrogen (secondary N) is 2. The van der Waals surface area contributed by atoms with Crippen LogP contribution in [0.15, 0.2) is 84.9 Å². The normalized spacial score (nSPS) is 13.4. The molecule has 4 N–H and O–H groups in total. The fourth-order valence-electron chi connectivity index (χ4n) is 3.44.